The predicted octanol–water partition coefficient (Wildman–Crippen LogP) is 4.20. The minimum Gasteiger partial charge on any atom is -0.455 e. The maximum atomic E-state index is 13.8. The average molecular weight is 311 g/mol. The van der Waals surface area contributed by atoms with Crippen LogP contribution in [0, 0.1) is 15.9 Å². The highest BCUT2D eigenvalue weighted by Crippen LogP contribution is 2.35. The monoisotopic (exact) mass is 310 g/mol. The molecule has 21 heavy (non-hydrogen) atoms. The van der Waals surface area contributed by atoms with Crippen molar-refractivity contribution in [2.75, 3.05) is 0 Å². The lowest BCUT2D eigenvalue weighted by Crippen LogP contribution is -2.09. The van der Waals surface area contributed by atoms with Crippen LogP contribution >= 0.6 is 11.6 Å². The Balaban J connectivity index is 2.39. The molecule has 2 rings (SSSR count). The number of ether oxygens (including phenoxy) is 1. The molecule has 2 N–H and O–H groups in total. The standard InChI is InChI=1S/C14H12ClFN2O3/c1-8(17)14-11(16)3-2-4-13(14)21-12-6-5-9(18(19)20)7-10(12)15/h2-8H,17H2,1H3/t8-/m1/s1. The number of benzene rings is 2. The van der Waals surface area contributed by atoms with Gasteiger partial charge in [0.05, 0.1) is 9.95 Å². The van der Waals surface area contributed by atoms with Gasteiger partial charge in [-0.25, -0.2) is 4.39 Å². The van der Waals surface area contributed by atoms with Crippen LogP contribution in [0.5, 0.6) is 11.5 Å². The number of nitro groups is 1. The van der Waals surface area contributed by atoms with E-state index < -0.39 is 16.8 Å². The number of nitro benzene ring substituents is 1. The Morgan fingerprint density at radius 2 is 2.05 bits per heavy atom. The second-order valence-electron chi connectivity index (χ2n) is 4.41. The lowest BCUT2D eigenvalue weighted by Gasteiger charge is -2.15. The van der Waals surface area contributed by atoms with Gasteiger partial charge in [-0.05, 0) is 25.1 Å². The van der Waals surface area contributed by atoms with Gasteiger partial charge in [-0.15, -0.1) is 0 Å². The van der Waals surface area contributed by atoms with Crippen LogP contribution in [0.1, 0.15) is 18.5 Å². The number of nitrogens with zero attached hydrogens (tertiary/aromatic N) is 1. The molecular weight excluding hydrogens is 299 g/mol. The highest BCUT2D eigenvalue weighted by molar-refractivity contribution is 6.32. The summed E-state index contributed by atoms with van der Waals surface area (Å²) in [5.41, 5.74) is 5.79. The first kappa shape index (κ1) is 15.2. The Hall–Kier alpha value is -2.18. The van der Waals surface area contributed by atoms with Crippen LogP contribution in [0.2, 0.25) is 5.02 Å². The molecule has 0 aliphatic carbocycles. The fourth-order valence-electron chi connectivity index (χ4n) is 1.85. The van der Waals surface area contributed by atoms with Gasteiger partial charge in [0, 0.05) is 23.7 Å². The summed E-state index contributed by atoms with van der Waals surface area (Å²) in [5, 5.41) is 10.7. The second kappa shape index (κ2) is 6.07. The minimum atomic E-state index is -0.571. The van der Waals surface area contributed by atoms with Gasteiger partial charge in [-0.2, -0.15) is 0 Å². The fourth-order valence-corrected chi connectivity index (χ4v) is 2.07. The molecule has 7 heteroatoms. The molecule has 1 atom stereocenters. The molecule has 2 aromatic carbocycles. The second-order valence-corrected chi connectivity index (χ2v) is 4.82. The molecule has 0 aliphatic rings. The van der Waals surface area contributed by atoms with Crippen molar-refractivity contribution in [1.82, 2.24) is 0 Å². The quantitative estimate of drug-likeness (QED) is 0.678. The zero-order chi connectivity index (χ0) is 15.6. The van der Waals surface area contributed by atoms with Gasteiger partial charge in [0.1, 0.15) is 17.3 Å². The average Bonchev–Trinajstić information content (AvgIpc) is 2.40. The lowest BCUT2D eigenvalue weighted by atomic mass is 10.1. The van der Waals surface area contributed by atoms with Gasteiger partial charge in [-0.1, -0.05) is 17.7 Å². The van der Waals surface area contributed by atoms with E-state index in [9.17, 15) is 14.5 Å². The number of non-ortho nitro benzene ring substituents is 1. The molecule has 110 valence electrons. The molecule has 0 saturated carbocycles. The third-order valence-electron chi connectivity index (χ3n) is 2.81. The van der Waals surface area contributed by atoms with Crippen LogP contribution in [0.3, 0.4) is 0 Å². The van der Waals surface area contributed by atoms with Crippen molar-refractivity contribution in [3.05, 3.63) is 62.9 Å². The summed E-state index contributed by atoms with van der Waals surface area (Å²) >= 11 is 5.94. The van der Waals surface area contributed by atoms with Crippen molar-refractivity contribution in [2.24, 2.45) is 5.73 Å². The van der Waals surface area contributed by atoms with E-state index in [0.29, 0.717) is 0 Å². The van der Waals surface area contributed by atoms with E-state index in [4.69, 9.17) is 22.1 Å². The van der Waals surface area contributed by atoms with Crippen LogP contribution in [-0.4, -0.2) is 4.92 Å². The van der Waals surface area contributed by atoms with Crippen molar-refractivity contribution in [3.8, 4) is 11.5 Å². The topological polar surface area (TPSA) is 78.4 Å². The van der Waals surface area contributed by atoms with E-state index in [1.165, 1.54) is 30.3 Å². The molecule has 5 nitrogen and oxygen atoms in total. The Labute approximate surface area is 125 Å². The number of nitrogens with two attached hydrogens (primary N) is 1. The summed E-state index contributed by atoms with van der Waals surface area (Å²) in [6, 6.07) is 7.53. The van der Waals surface area contributed by atoms with Crippen LogP contribution in [-0.2, 0) is 0 Å². The first-order valence-corrected chi connectivity index (χ1v) is 6.43. The third kappa shape index (κ3) is 3.29. The van der Waals surface area contributed by atoms with Crippen molar-refractivity contribution >= 4 is 17.3 Å². The summed E-state index contributed by atoms with van der Waals surface area (Å²) in [5.74, 6) is -0.0731. The van der Waals surface area contributed by atoms with E-state index >= 15 is 0 Å². The molecule has 0 bridgehead atoms. The van der Waals surface area contributed by atoms with E-state index in [1.54, 1.807) is 13.0 Å². The molecule has 0 unspecified atom stereocenters. The molecule has 0 radical (unpaired) electrons. The first-order chi connectivity index (χ1) is 9.90. The Morgan fingerprint density at radius 1 is 1.33 bits per heavy atom. The van der Waals surface area contributed by atoms with Gasteiger partial charge in [0.15, 0.2) is 0 Å². The molecule has 0 aliphatic heterocycles. The number of hydrogen-bond donors (Lipinski definition) is 1. The van der Waals surface area contributed by atoms with Gasteiger partial charge in [0.25, 0.3) is 5.69 Å². The van der Waals surface area contributed by atoms with Gasteiger partial charge in [-0.3, -0.25) is 10.1 Å². The maximum Gasteiger partial charge on any atom is 0.271 e. The van der Waals surface area contributed by atoms with Crippen LogP contribution in [0.15, 0.2) is 36.4 Å². The number of halogens is 2. The molecule has 0 aromatic heterocycles. The zero-order valence-electron chi connectivity index (χ0n) is 11.0. The van der Waals surface area contributed by atoms with Crippen molar-refractivity contribution in [3.63, 3.8) is 0 Å². The van der Waals surface area contributed by atoms with Crippen LogP contribution in [0.4, 0.5) is 10.1 Å². The van der Waals surface area contributed by atoms with Crippen molar-refractivity contribution in [2.45, 2.75) is 13.0 Å². The summed E-state index contributed by atoms with van der Waals surface area (Å²) in [4.78, 5) is 10.1. The predicted molar refractivity (Wildman–Crippen MR) is 77.2 cm³/mol. The fraction of sp³-hybridized carbons (Fsp3) is 0.143. The summed E-state index contributed by atoms with van der Waals surface area (Å²) in [6.45, 7) is 1.63. The summed E-state index contributed by atoms with van der Waals surface area (Å²) < 4.78 is 19.3. The highest BCUT2D eigenvalue weighted by atomic mass is 35.5. The summed E-state index contributed by atoms with van der Waals surface area (Å²) in [7, 11) is 0. The Bertz CT molecular complexity index is 692. The molecule has 0 heterocycles. The first-order valence-electron chi connectivity index (χ1n) is 6.06. The van der Waals surface area contributed by atoms with E-state index in [-0.39, 0.29) is 27.8 Å². The normalized spacial score (nSPS) is 12.0. The smallest absolute Gasteiger partial charge is 0.271 e. The molecule has 0 spiro atoms. The zero-order valence-corrected chi connectivity index (χ0v) is 11.8. The summed E-state index contributed by atoms with van der Waals surface area (Å²) in [6.07, 6.45) is 0. The van der Waals surface area contributed by atoms with Gasteiger partial charge >= 0.3 is 0 Å². The minimum absolute atomic E-state index is 0.0593. The van der Waals surface area contributed by atoms with E-state index in [2.05, 4.69) is 0 Å². The van der Waals surface area contributed by atoms with Gasteiger partial charge < -0.3 is 10.5 Å². The van der Waals surface area contributed by atoms with E-state index in [1.807, 2.05) is 0 Å². The molecule has 0 fully saturated rings. The number of hydrogen-bond acceptors (Lipinski definition) is 4. The maximum absolute atomic E-state index is 13.8. The third-order valence-corrected chi connectivity index (χ3v) is 3.11. The van der Waals surface area contributed by atoms with Crippen molar-refractivity contribution in [1.29, 1.82) is 0 Å². The SMILES string of the molecule is C[C@@H](N)c1c(F)cccc1Oc1ccc([N+](=O)[O-])cc1Cl. The lowest BCUT2D eigenvalue weighted by molar-refractivity contribution is -0.384. The van der Waals surface area contributed by atoms with Crippen molar-refractivity contribution < 1.29 is 14.1 Å². The largest absolute Gasteiger partial charge is 0.455 e. The Kier molecular flexibility index (Phi) is 4.40. The van der Waals surface area contributed by atoms with E-state index in [0.717, 1.165) is 0 Å². The molecular formula is C14H12ClFN2O3. The Morgan fingerprint density at radius 3 is 2.62 bits per heavy atom. The molecule has 0 saturated heterocycles. The van der Waals surface area contributed by atoms with Crippen LogP contribution in [0.25, 0.3) is 0 Å². The molecule has 0 amide bonds. The van der Waals surface area contributed by atoms with Gasteiger partial charge in [0.2, 0.25) is 0 Å². The van der Waals surface area contributed by atoms with Crippen LogP contribution < -0.4 is 10.5 Å². The number of rotatable bonds is 4. The molecule has 2 aromatic rings. The highest BCUT2D eigenvalue weighted by Gasteiger charge is 2.16.